The first kappa shape index (κ1) is 9.82. The van der Waals surface area contributed by atoms with E-state index in [1.165, 1.54) is 12.8 Å². The number of allylic oxidation sites excluding steroid dienone is 1. The zero-order valence-electron chi connectivity index (χ0n) is 6.68. The molecule has 0 atom stereocenters. The van der Waals surface area contributed by atoms with Crippen LogP contribution in [0.3, 0.4) is 0 Å². The monoisotopic (exact) mass is 202 g/mol. The Morgan fingerprint density at radius 1 is 1.50 bits per heavy atom. The van der Waals surface area contributed by atoms with E-state index in [0.717, 1.165) is 6.42 Å². The molecule has 0 saturated carbocycles. The van der Waals surface area contributed by atoms with Crippen LogP contribution in [0.4, 0.5) is 0 Å². The summed E-state index contributed by atoms with van der Waals surface area (Å²) in [6.07, 6.45) is 5.50. The second-order valence-electron chi connectivity index (χ2n) is 1.96. The Morgan fingerprint density at radius 2 is 2.30 bits per heavy atom. The van der Waals surface area contributed by atoms with E-state index in [4.69, 9.17) is 0 Å². The molecule has 10 heavy (non-hydrogen) atoms. The molecule has 0 aromatic heterocycles. The average molecular weight is 201 g/mol. The Bertz CT molecular complexity index is 137. The van der Waals surface area contributed by atoms with Crippen molar-refractivity contribution in [3.63, 3.8) is 0 Å². The molecule has 1 heteroatoms. The molecular formula is C9H14Se. The summed E-state index contributed by atoms with van der Waals surface area (Å²) in [4.78, 5) is 2.14. The predicted octanol–water partition coefficient (Wildman–Crippen LogP) is 2.45. The first-order valence-electron chi connectivity index (χ1n) is 3.58. The van der Waals surface area contributed by atoms with Crippen molar-refractivity contribution in [2.45, 2.75) is 32.0 Å². The van der Waals surface area contributed by atoms with E-state index >= 15 is 0 Å². The van der Waals surface area contributed by atoms with E-state index in [0.29, 0.717) is 15.0 Å². The van der Waals surface area contributed by atoms with Gasteiger partial charge in [-0.05, 0) is 0 Å². The summed E-state index contributed by atoms with van der Waals surface area (Å²) in [5.74, 6) is 8.28. The third-order valence-electron chi connectivity index (χ3n) is 1.04. The Labute approximate surface area is 70.2 Å². The van der Waals surface area contributed by atoms with Crippen molar-refractivity contribution < 1.29 is 0 Å². The van der Waals surface area contributed by atoms with Gasteiger partial charge in [0.05, 0.1) is 0 Å². The van der Waals surface area contributed by atoms with Crippen LogP contribution in [0.1, 0.15) is 26.2 Å². The molecule has 0 amide bonds. The molecule has 0 spiro atoms. The fourth-order valence-electron chi connectivity index (χ4n) is 0.498. The average Bonchev–Trinajstić information content (AvgIpc) is 1.97. The van der Waals surface area contributed by atoms with Crippen molar-refractivity contribution in [1.29, 1.82) is 0 Å². The fraction of sp³-hybridized carbons (Fsp3) is 0.556. The fourth-order valence-corrected chi connectivity index (χ4v) is 0.927. The van der Waals surface area contributed by atoms with Gasteiger partial charge in [0.25, 0.3) is 0 Å². The molecule has 0 N–H and O–H groups in total. The van der Waals surface area contributed by atoms with Crippen molar-refractivity contribution in [3.05, 3.63) is 11.1 Å². The molecule has 0 heterocycles. The quantitative estimate of drug-likeness (QED) is 0.374. The van der Waals surface area contributed by atoms with E-state index in [9.17, 15) is 0 Å². The molecule has 0 bridgehead atoms. The normalized spacial score (nSPS) is 9.40. The van der Waals surface area contributed by atoms with Gasteiger partial charge < -0.3 is 0 Å². The third-order valence-corrected chi connectivity index (χ3v) is 1.90. The van der Waals surface area contributed by atoms with Crippen LogP contribution >= 0.6 is 0 Å². The van der Waals surface area contributed by atoms with Crippen LogP contribution in [0, 0.1) is 11.8 Å². The van der Waals surface area contributed by atoms with Crippen LogP contribution < -0.4 is 0 Å². The van der Waals surface area contributed by atoms with Crippen LogP contribution in [-0.2, 0) is 0 Å². The SMILES string of the molecule is CCCCC#C/C=C\[Se]C. The second kappa shape index (κ2) is 8.82. The minimum atomic E-state index is 0.638. The van der Waals surface area contributed by atoms with E-state index < -0.39 is 0 Å². The standard InChI is InChI=1S/C9H14Se/c1-3-4-5-6-7-8-9-10-2/h8-9H,3-5H2,1-2H3/b9-8-. The van der Waals surface area contributed by atoms with E-state index in [1.807, 2.05) is 6.08 Å². The number of unbranched alkanes of at least 4 members (excludes halogenated alkanes) is 2. The van der Waals surface area contributed by atoms with Gasteiger partial charge in [-0.15, -0.1) is 0 Å². The first-order chi connectivity index (χ1) is 4.91. The molecule has 0 rings (SSSR count). The van der Waals surface area contributed by atoms with Gasteiger partial charge in [0.2, 0.25) is 0 Å². The summed E-state index contributed by atoms with van der Waals surface area (Å²) >= 11 is 0.638. The van der Waals surface area contributed by atoms with Crippen LogP contribution in [0.2, 0.25) is 5.82 Å². The molecule has 0 radical (unpaired) electrons. The number of hydrogen-bond acceptors (Lipinski definition) is 0. The number of hydrogen-bond donors (Lipinski definition) is 0. The van der Waals surface area contributed by atoms with E-state index in [1.54, 1.807) is 0 Å². The van der Waals surface area contributed by atoms with Gasteiger partial charge in [-0.3, -0.25) is 0 Å². The van der Waals surface area contributed by atoms with Gasteiger partial charge in [0.1, 0.15) is 0 Å². The van der Waals surface area contributed by atoms with Crippen molar-refractivity contribution in [2.24, 2.45) is 0 Å². The number of rotatable bonds is 3. The van der Waals surface area contributed by atoms with E-state index in [2.05, 4.69) is 29.6 Å². The Morgan fingerprint density at radius 3 is 2.90 bits per heavy atom. The summed E-state index contributed by atoms with van der Waals surface area (Å²) in [5.41, 5.74) is 0. The maximum absolute atomic E-state index is 3.09. The first-order valence-corrected chi connectivity index (χ1v) is 6.28. The molecule has 0 unspecified atom stereocenters. The summed E-state index contributed by atoms with van der Waals surface area (Å²) < 4.78 is 0. The Kier molecular flexibility index (Phi) is 8.66. The van der Waals surface area contributed by atoms with Gasteiger partial charge in [-0.1, -0.05) is 0 Å². The van der Waals surface area contributed by atoms with Gasteiger partial charge >= 0.3 is 69.9 Å². The van der Waals surface area contributed by atoms with Crippen LogP contribution in [0.15, 0.2) is 11.1 Å². The summed E-state index contributed by atoms with van der Waals surface area (Å²) in [5, 5.41) is 0. The molecule has 0 aliphatic carbocycles. The van der Waals surface area contributed by atoms with Gasteiger partial charge in [-0.2, -0.15) is 0 Å². The third kappa shape index (κ3) is 7.82. The zero-order valence-corrected chi connectivity index (χ0v) is 8.40. The summed E-state index contributed by atoms with van der Waals surface area (Å²) in [6.45, 7) is 2.19. The van der Waals surface area contributed by atoms with E-state index in [-0.39, 0.29) is 0 Å². The molecule has 0 saturated heterocycles. The van der Waals surface area contributed by atoms with Crippen molar-refractivity contribution in [3.8, 4) is 11.8 Å². The van der Waals surface area contributed by atoms with Gasteiger partial charge in [0, 0.05) is 0 Å². The summed E-state index contributed by atoms with van der Waals surface area (Å²) in [6, 6.07) is 0. The van der Waals surface area contributed by atoms with Crippen LogP contribution in [0.25, 0.3) is 0 Å². The Balaban J connectivity index is 3.22. The predicted molar refractivity (Wildman–Crippen MR) is 48.1 cm³/mol. The molecule has 0 aromatic carbocycles. The van der Waals surface area contributed by atoms with Gasteiger partial charge in [-0.25, -0.2) is 0 Å². The van der Waals surface area contributed by atoms with Crippen LogP contribution in [0.5, 0.6) is 0 Å². The topological polar surface area (TPSA) is 0 Å². The zero-order chi connectivity index (χ0) is 7.66. The molecule has 0 fully saturated rings. The van der Waals surface area contributed by atoms with Crippen molar-refractivity contribution >= 4 is 15.0 Å². The second-order valence-corrected chi connectivity index (χ2v) is 3.52. The molecule has 0 aliphatic heterocycles. The molecule has 0 nitrogen and oxygen atoms in total. The molecular weight excluding hydrogens is 187 g/mol. The molecule has 0 aliphatic rings. The minimum absolute atomic E-state index is 0.638. The van der Waals surface area contributed by atoms with Crippen LogP contribution in [-0.4, -0.2) is 15.0 Å². The molecule has 0 aromatic rings. The Hall–Kier alpha value is -0.181. The van der Waals surface area contributed by atoms with Crippen molar-refractivity contribution in [2.75, 3.05) is 0 Å². The van der Waals surface area contributed by atoms with Crippen molar-refractivity contribution in [1.82, 2.24) is 0 Å². The summed E-state index contributed by atoms with van der Waals surface area (Å²) in [7, 11) is 0. The van der Waals surface area contributed by atoms with Gasteiger partial charge in [0.15, 0.2) is 0 Å². The maximum atomic E-state index is 3.09. The molecule has 56 valence electrons.